The fourth-order valence-corrected chi connectivity index (χ4v) is 3.77. The number of hydroxylamine groups is 2. The van der Waals surface area contributed by atoms with Gasteiger partial charge in [-0.3, -0.25) is 4.18 Å². The second-order valence-corrected chi connectivity index (χ2v) is 8.42. The van der Waals surface area contributed by atoms with Gasteiger partial charge in [-0.25, -0.2) is 4.21 Å². The lowest BCUT2D eigenvalue weighted by Crippen LogP contribution is -2.62. The Balaban J connectivity index is 0.00000441. The first kappa shape index (κ1) is 21.9. The molecule has 0 aromatic rings. The van der Waals surface area contributed by atoms with Crippen molar-refractivity contribution in [2.75, 3.05) is 19.4 Å². The number of aliphatic hydroxyl groups excluding tert-OH is 1. The number of aliphatic hydroxyl groups is 1. The number of nitrogens with zero attached hydrogens (tertiary/aromatic N) is 1. The highest BCUT2D eigenvalue weighted by Crippen LogP contribution is 2.36. The van der Waals surface area contributed by atoms with Crippen LogP contribution in [-0.4, -0.2) is 62.2 Å². The molecule has 1 fully saturated rings. The molecule has 1 aliphatic rings. The van der Waals surface area contributed by atoms with Crippen LogP contribution < -0.4 is 5.32 Å². The van der Waals surface area contributed by atoms with Crippen molar-refractivity contribution in [3.63, 3.8) is 0 Å². The van der Waals surface area contributed by atoms with Gasteiger partial charge in [-0.05, 0) is 47.0 Å². The molecule has 22 heavy (non-hydrogen) atoms. The van der Waals surface area contributed by atoms with Crippen LogP contribution >= 0.6 is 0 Å². The van der Waals surface area contributed by atoms with E-state index in [9.17, 15) is 14.5 Å². The molecular formula is C15H34N2O4S. The van der Waals surface area contributed by atoms with E-state index < -0.39 is 17.2 Å². The second kappa shape index (κ2) is 8.70. The van der Waals surface area contributed by atoms with E-state index in [1.54, 1.807) is 0 Å². The summed E-state index contributed by atoms with van der Waals surface area (Å²) >= 11 is -1.31. The van der Waals surface area contributed by atoms with Crippen LogP contribution in [0, 0.1) is 0 Å². The van der Waals surface area contributed by atoms with E-state index >= 15 is 0 Å². The largest absolute Gasteiger partial charge is 0.392 e. The van der Waals surface area contributed by atoms with E-state index in [4.69, 9.17) is 0 Å². The summed E-state index contributed by atoms with van der Waals surface area (Å²) in [6, 6.07) is 0.237. The van der Waals surface area contributed by atoms with Gasteiger partial charge in [-0.1, -0.05) is 7.43 Å². The van der Waals surface area contributed by atoms with Crippen molar-refractivity contribution in [2.45, 2.75) is 77.6 Å². The van der Waals surface area contributed by atoms with Gasteiger partial charge in [-0.15, -0.1) is 0 Å². The van der Waals surface area contributed by atoms with E-state index in [1.165, 1.54) is 12.2 Å². The first-order valence-corrected chi connectivity index (χ1v) is 8.66. The summed E-state index contributed by atoms with van der Waals surface area (Å²) in [6.07, 6.45) is 1.52. The molecule has 2 unspecified atom stereocenters. The lowest BCUT2D eigenvalue weighted by molar-refractivity contribution is -0.246. The number of hydrogen-bond acceptors (Lipinski definition) is 6. The van der Waals surface area contributed by atoms with Crippen molar-refractivity contribution in [3.05, 3.63) is 0 Å². The molecule has 0 bridgehead atoms. The Morgan fingerprint density at radius 2 is 1.82 bits per heavy atom. The lowest BCUT2D eigenvalue weighted by Gasteiger charge is -2.51. The minimum absolute atomic E-state index is 0. The number of hydrogen-bond donors (Lipinski definition) is 3. The van der Waals surface area contributed by atoms with Crippen molar-refractivity contribution in [1.82, 2.24) is 10.4 Å². The second-order valence-electron chi connectivity index (χ2n) is 7.07. The molecule has 1 aliphatic heterocycles. The monoisotopic (exact) mass is 338 g/mol. The third kappa shape index (κ3) is 6.22. The molecule has 0 aromatic heterocycles. The Labute approximate surface area is 137 Å². The number of piperidine rings is 1. The van der Waals surface area contributed by atoms with Crippen LogP contribution in [0.25, 0.3) is 0 Å². The van der Waals surface area contributed by atoms with Crippen molar-refractivity contribution >= 4 is 11.1 Å². The van der Waals surface area contributed by atoms with Crippen LogP contribution in [-0.2, 0) is 15.3 Å². The maximum absolute atomic E-state index is 11.2. The fourth-order valence-electron chi connectivity index (χ4n) is 3.14. The van der Waals surface area contributed by atoms with E-state index in [2.05, 4.69) is 9.50 Å². The standard InChI is InChI=1S/C14H30N2O4S.CH4/c1-13(2)8-11(9-14(3,4)16(13)18)15-10-12(17)6-7-21(19)20-5;/h11-12,15,17-18H,6-10H2,1-5H3;1H4. The van der Waals surface area contributed by atoms with Gasteiger partial charge < -0.3 is 15.6 Å². The molecule has 1 rings (SSSR count). The molecule has 3 N–H and O–H groups in total. The highest BCUT2D eigenvalue weighted by molar-refractivity contribution is 7.80. The molecule has 0 saturated carbocycles. The molecule has 2 atom stereocenters. The predicted molar refractivity (Wildman–Crippen MR) is 90.2 cm³/mol. The van der Waals surface area contributed by atoms with E-state index in [0.29, 0.717) is 18.7 Å². The summed E-state index contributed by atoms with van der Waals surface area (Å²) in [5.41, 5.74) is -0.607. The quantitative estimate of drug-likeness (QED) is 0.655. The van der Waals surface area contributed by atoms with Crippen LogP contribution in [0.15, 0.2) is 0 Å². The topological polar surface area (TPSA) is 82.0 Å². The van der Waals surface area contributed by atoms with E-state index in [1.807, 2.05) is 27.7 Å². The van der Waals surface area contributed by atoms with Crippen LogP contribution in [0.3, 0.4) is 0 Å². The summed E-state index contributed by atoms with van der Waals surface area (Å²) in [5, 5.41) is 25.0. The molecule has 1 saturated heterocycles. The van der Waals surface area contributed by atoms with Crippen LogP contribution in [0.1, 0.15) is 54.4 Å². The zero-order valence-electron chi connectivity index (χ0n) is 13.8. The summed E-state index contributed by atoms with van der Waals surface area (Å²) in [7, 11) is 1.40. The molecule has 134 valence electrons. The Hall–Kier alpha value is -0.0500. The van der Waals surface area contributed by atoms with Crippen LogP contribution in [0.4, 0.5) is 0 Å². The van der Waals surface area contributed by atoms with E-state index in [-0.39, 0.29) is 24.5 Å². The predicted octanol–water partition coefficient (Wildman–Crippen LogP) is 1.68. The van der Waals surface area contributed by atoms with Gasteiger partial charge in [0.2, 0.25) is 0 Å². The zero-order chi connectivity index (χ0) is 16.3. The Morgan fingerprint density at radius 3 is 2.27 bits per heavy atom. The third-order valence-corrected chi connectivity index (χ3v) is 5.03. The molecule has 0 amide bonds. The average molecular weight is 339 g/mol. The van der Waals surface area contributed by atoms with Crippen LogP contribution in [0.2, 0.25) is 0 Å². The molecule has 7 heteroatoms. The van der Waals surface area contributed by atoms with Crippen LogP contribution in [0.5, 0.6) is 0 Å². The van der Waals surface area contributed by atoms with Crippen molar-refractivity contribution < 1.29 is 18.7 Å². The minimum atomic E-state index is -1.31. The molecule has 0 spiro atoms. The summed E-state index contributed by atoms with van der Waals surface area (Å²) in [4.78, 5) is 0. The Morgan fingerprint density at radius 1 is 1.32 bits per heavy atom. The summed E-state index contributed by atoms with van der Waals surface area (Å²) in [6.45, 7) is 8.52. The van der Waals surface area contributed by atoms with Gasteiger partial charge >= 0.3 is 0 Å². The first-order valence-electron chi connectivity index (χ1n) is 7.42. The summed E-state index contributed by atoms with van der Waals surface area (Å²) < 4.78 is 15.8. The van der Waals surface area contributed by atoms with Crippen molar-refractivity contribution in [1.29, 1.82) is 0 Å². The molecule has 0 aromatic carbocycles. The SMILES string of the molecule is C.COS(=O)CCC(O)CNC1CC(C)(C)N(O)C(C)(C)C1. The third-order valence-electron chi connectivity index (χ3n) is 4.08. The molecule has 6 nitrogen and oxygen atoms in total. The zero-order valence-corrected chi connectivity index (χ0v) is 14.6. The highest BCUT2D eigenvalue weighted by Gasteiger charge is 2.44. The Bertz CT molecular complexity index is 345. The van der Waals surface area contributed by atoms with Gasteiger partial charge in [0, 0.05) is 23.7 Å². The number of nitrogens with one attached hydrogen (secondary N) is 1. The van der Waals surface area contributed by atoms with Crippen molar-refractivity contribution in [2.24, 2.45) is 0 Å². The van der Waals surface area contributed by atoms with E-state index in [0.717, 1.165) is 12.8 Å². The Kier molecular flexibility index (Phi) is 8.68. The maximum Gasteiger partial charge on any atom is 0.155 e. The van der Waals surface area contributed by atoms with Gasteiger partial charge in [-0.2, -0.15) is 5.06 Å². The van der Waals surface area contributed by atoms with Crippen molar-refractivity contribution in [3.8, 4) is 0 Å². The fraction of sp³-hybridized carbons (Fsp3) is 1.00. The maximum atomic E-state index is 11.2. The van der Waals surface area contributed by atoms with Gasteiger partial charge in [0.25, 0.3) is 0 Å². The molecule has 1 heterocycles. The lowest BCUT2D eigenvalue weighted by atomic mass is 9.79. The average Bonchev–Trinajstić information content (AvgIpc) is 2.39. The minimum Gasteiger partial charge on any atom is -0.392 e. The van der Waals surface area contributed by atoms with Gasteiger partial charge in [0.05, 0.1) is 19.0 Å². The first-order chi connectivity index (χ1) is 9.58. The number of rotatable bonds is 7. The smallest absolute Gasteiger partial charge is 0.155 e. The summed E-state index contributed by atoms with van der Waals surface area (Å²) in [5.74, 6) is 0.339. The van der Waals surface area contributed by atoms with Gasteiger partial charge in [0.15, 0.2) is 11.1 Å². The molecule has 0 radical (unpaired) electrons. The normalized spacial score (nSPS) is 24.5. The highest BCUT2D eigenvalue weighted by atomic mass is 32.2. The molecule has 0 aliphatic carbocycles. The molecular weight excluding hydrogens is 304 g/mol. The van der Waals surface area contributed by atoms with Gasteiger partial charge in [0.1, 0.15) is 0 Å².